The van der Waals surface area contributed by atoms with Crippen molar-refractivity contribution >= 4 is 17.7 Å². The number of hydrogen-bond donors (Lipinski definition) is 0. The van der Waals surface area contributed by atoms with Gasteiger partial charge in [0.2, 0.25) is 0 Å². The van der Waals surface area contributed by atoms with Gasteiger partial charge in [-0.05, 0) is 49.4 Å². The molecular weight excluding hydrogens is 324 g/mol. The first kappa shape index (κ1) is 18.2. The van der Waals surface area contributed by atoms with Gasteiger partial charge in [-0.3, -0.25) is 4.79 Å². The minimum absolute atomic E-state index is 0.0398. The number of ketones is 1. The fraction of sp³-hybridized carbons (Fsp3) is 0.211. The van der Waals surface area contributed by atoms with E-state index in [1.165, 1.54) is 45.4 Å². The molecule has 0 saturated heterocycles. The van der Waals surface area contributed by atoms with E-state index in [1.807, 2.05) is 0 Å². The standard InChI is InChI=1S/C19H18O6/c1-12(20)15-8-9-17(23-2)16(10-15)11-25-19(22)14-6-4-13(5-7-14)18(21)24-3/h4-10H,11H2,1-3H3. The Morgan fingerprint density at radius 2 is 1.40 bits per heavy atom. The van der Waals surface area contributed by atoms with Gasteiger partial charge in [0, 0.05) is 11.1 Å². The molecule has 2 aromatic carbocycles. The highest BCUT2D eigenvalue weighted by molar-refractivity contribution is 5.95. The molecule has 130 valence electrons. The summed E-state index contributed by atoms with van der Waals surface area (Å²) >= 11 is 0. The van der Waals surface area contributed by atoms with Gasteiger partial charge in [-0.25, -0.2) is 9.59 Å². The van der Waals surface area contributed by atoms with Gasteiger partial charge in [0.05, 0.1) is 25.3 Å². The minimum atomic E-state index is -0.549. The highest BCUT2D eigenvalue weighted by atomic mass is 16.5. The van der Waals surface area contributed by atoms with E-state index < -0.39 is 11.9 Å². The van der Waals surface area contributed by atoms with Crippen molar-refractivity contribution in [2.75, 3.05) is 14.2 Å². The normalized spacial score (nSPS) is 10.0. The van der Waals surface area contributed by atoms with E-state index in [0.717, 1.165) is 0 Å². The van der Waals surface area contributed by atoms with E-state index in [1.54, 1.807) is 18.2 Å². The molecule has 0 amide bonds. The number of rotatable bonds is 6. The van der Waals surface area contributed by atoms with E-state index in [2.05, 4.69) is 4.74 Å². The molecule has 0 fully saturated rings. The van der Waals surface area contributed by atoms with Crippen molar-refractivity contribution in [1.29, 1.82) is 0 Å². The van der Waals surface area contributed by atoms with Gasteiger partial charge in [0.25, 0.3) is 0 Å². The lowest BCUT2D eigenvalue weighted by Crippen LogP contribution is -2.08. The Bertz CT molecular complexity index is 792. The van der Waals surface area contributed by atoms with Crippen LogP contribution < -0.4 is 4.74 Å². The number of carbonyl (C=O) groups is 3. The van der Waals surface area contributed by atoms with Gasteiger partial charge in [0.15, 0.2) is 5.78 Å². The molecule has 25 heavy (non-hydrogen) atoms. The number of carbonyl (C=O) groups excluding carboxylic acids is 3. The van der Waals surface area contributed by atoms with Crippen LogP contribution in [0, 0.1) is 0 Å². The molecule has 0 aromatic heterocycles. The van der Waals surface area contributed by atoms with Crippen molar-refractivity contribution in [1.82, 2.24) is 0 Å². The van der Waals surface area contributed by atoms with Crippen LogP contribution in [0.4, 0.5) is 0 Å². The summed E-state index contributed by atoms with van der Waals surface area (Å²) in [6.07, 6.45) is 0. The maximum atomic E-state index is 12.1. The molecule has 0 N–H and O–H groups in total. The number of ether oxygens (including phenoxy) is 3. The van der Waals surface area contributed by atoms with E-state index >= 15 is 0 Å². The topological polar surface area (TPSA) is 78.9 Å². The first-order valence-electron chi connectivity index (χ1n) is 7.49. The van der Waals surface area contributed by atoms with Crippen LogP contribution >= 0.6 is 0 Å². The molecule has 2 aromatic rings. The van der Waals surface area contributed by atoms with Gasteiger partial charge in [-0.15, -0.1) is 0 Å². The Labute approximate surface area is 145 Å². The van der Waals surface area contributed by atoms with Crippen LogP contribution in [-0.4, -0.2) is 31.9 Å². The fourth-order valence-electron chi connectivity index (χ4n) is 2.20. The summed E-state index contributed by atoms with van der Waals surface area (Å²) in [6.45, 7) is 1.42. The zero-order chi connectivity index (χ0) is 18.4. The zero-order valence-corrected chi connectivity index (χ0v) is 14.2. The van der Waals surface area contributed by atoms with Crippen molar-refractivity contribution in [3.63, 3.8) is 0 Å². The molecule has 6 heteroatoms. The first-order valence-corrected chi connectivity index (χ1v) is 7.49. The third-order valence-electron chi connectivity index (χ3n) is 3.59. The van der Waals surface area contributed by atoms with E-state index in [0.29, 0.717) is 28.0 Å². The Morgan fingerprint density at radius 1 is 0.840 bits per heavy atom. The lowest BCUT2D eigenvalue weighted by atomic mass is 10.1. The zero-order valence-electron chi connectivity index (χ0n) is 14.2. The molecule has 0 unspecified atom stereocenters. The minimum Gasteiger partial charge on any atom is -0.496 e. The number of methoxy groups -OCH3 is 2. The van der Waals surface area contributed by atoms with Crippen LogP contribution in [0.1, 0.15) is 43.6 Å². The molecule has 0 radical (unpaired) electrons. The molecule has 0 bridgehead atoms. The highest BCUT2D eigenvalue weighted by Crippen LogP contribution is 2.21. The van der Waals surface area contributed by atoms with Gasteiger partial charge in [-0.2, -0.15) is 0 Å². The van der Waals surface area contributed by atoms with Crippen molar-refractivity contribution in [3.05, 3.63) is 64.7 Å². The SMILES string of the molecule is COC(=O)c1ccc(C(=O)OCc2cc(C(C)=O)ccc2OC)cc1. The summed E-state index contributed by atoms with van der Waals surface area (Å²) in [5, 5.41) is 0. The maximum absolute atomic E-state index is 12.1. The van der Waals surface area contributed by atoms with Crippen LogP contribution in [0.2, 0.25) is 0 Å². The lowest BCUT2D eigenvalue weighted by molar-refractivity contribution is 0.0468. The summed E-state index contributed by atoms with van der Waals surface area (Å²) < 4.78 is 15.1. The average Bonchev–Trinajstić information content (AvgIpc) is 2.65. The predicted molar refractivity (Wildman–Crippen MR) is 89.9 cm³/mol. The highest BCUT2D eigenvalue weighted by Gasteiger charge is 2.13. The summed E-state index contributed by atoms with van der Waals surface area (Å²) in [4.78, 5) is 35.0. The van der Waals surface area contributed by atoms with E-state index in [4.69, 9.17) is 9.47 Å². The molecule has 0 atom stereocenters. The van der Waals surface area contributed by atoms with Gasteiger partial charge < -0.3 is 14.2 Å². The van der Waals surface area contributed by atoms with Crippen molar-refractivity contribution in [2.45, 2.75) is 13.5 Å². The lowest BCUT2D eigenvalue weighted by Gasteiger charge is -2.11. The quantitative estimate of drug-likeness (QED) is 0.593. The predicted octanol–water partition coefficient (Wildman–Crippen LogP) is 3.04. The molecule has 0 aliphatic heterocycles. The van der Waals surface area contributed by atoms with E-state index in [-0.39, 0.29) is 12.4 Å². The fourth-order valence-corrected chi connectivity index (χ4v) is 2.20. The molecule has 2 rings (SSSR count). The third kappa shape index (κ3) is 4.44. The van der Waals surface area contributed by atoms with Crippen LogP contribution in [0.3, 0.4) is 0 Å². The number of esters is 2. The van der Waals surface area contributed by atoms with Crippen molar-refractivity contribution < 1.29 is 28.6 Å². The smallest absolute Gasteiger partial charge is 0.338 e. The molecule has 0 heterocycles. The Kier molecular flexibility index (Phi) is 5.89. The largest absolute Gasteiger partial charge is 0.496 e. The Hall–Kier alpha value is -3.15. The number of Topliss-reactive ketones (excluding diaryl/α,β-unsaturated/α-hetero) is 1. The second kappa shape index (κ2) is 8.10. The maximum Gasteiger partial charge on any atom is 0.338 e. The van der Waals surface area contributed by atoms with Crippen molar-refractivity contribution in [2.24, 2.45) is 0 Å². The van der Waals surface area contributed by atoms with Crippen LogP contribution in [0.15, 0.2) is 42.5 Å². The molecule has 6 nitrogen and oxygen atoms in total. The summed E-state index contributed by atoms with van der Waals surface area (Å²) in [7, 11) is 2.78. The average molecular weight is 342 g/mol. The van der Waals surface area contributed by atoms with Gasteiger partial charge in [-0.1, -0.05) is 0 Å². The molecule has 0 aliphatic rings. The van der Waals surface area contributed by atoms with Crippen molar-refractivity contribution in [3.8, 4) is 5.75 Å². The summed E-state index contributed by atoms with van der Waals surface area (Å²) in [5.41, 5.74) is 1.74. The number of benzene rings is 2. The Balaban J connectivity index is 2.10. The first-order chi connectivity index (χ1) is 12.0. The van der Waals surface area contributed by atoms with Crippen LogP contribution in [0.5, 0.6) is 5.75 Å². The number of hydrogen-bond acceptors (Lipinski definition) is 6. The Morgan fingerprint density at radius 3 is 1.92 bits per heavy atom. The second-order valence-corrected chi connectivity index (χ2v) is 5.23. The third-order valence-corrected chi connectivity index (χ3v) is 3.59. The van der Waals surface area contributed by atoms with Gasteiger partial charge in [0.1, 0.15) is 12.4 Å². The van der Waals surface area contributed by atoms with Crippen LogP contribution in [-0.2, 0) is 16.1 Å². The van der Waals surface area contributed by atoms with Gasteiger partial charge >= 0.3 is 11.9 Å². The summed E-state index contributed by atoms with van der Waals surface area (Å²) in [5.74, 6) is -0.593. The second-order valence-electron chi connectivity index (χ2n) is 5.23. The molecule has 0 saturated carbocycles. The van der Waals surface area contributed by atoms with Crippen LogP contribution in [0.25, 0.3) is 0 Å². The monoisotopic (exact) mass is 342 g/mol. The summed E-state index contributed by atoms with van der Waals surface area (Å²) in [6, 6.07) is 10.9. The molecular formula is C19H18O6. The van der Waals surface area contributed by atoms with E-state index in [9.17, 15) is 14.4 Å². The molecule has 0 aliphatic carbocycles. The molecule has 0 spiro atoms.